The van der Waals surface area contributed by atoms with Gasteiger partial charge in [0.05, 0.1) is 11.9 Å². The van der Waals surface area contributed by atoms with E-state index in [1.54, 1.807) is 24.9 Å². The average molecular weight is 381 g/mol. The number of anilines is 1. The van der Waals surface area contributed by atoms with Crippen LogP contribution in [0.4, 0.5) is 5.82 Å². The molecule has 4 rings (SSSR count). The summed E-state index contributed by atoms with van der Waals surface area (Å²) in [6, 6.07) is 9.86. The number of rotatable bonds is 5. The van der Waals surface area contributed by atoms with Crippen molar-refractivity contribution in [2.75, 3.05) is 36.8 Å². The Bertz CT molecular complexity index is 879. The second-order valence-corrected chi connectivity index (χ2v) is 6.98. The predicted molar refractivity (Wildman–Crippen MR) is 103 cm³/mol. The largest absolute Gasteiger partial charge is 0.352 e. The molecule has 1 aliphatic heterocycles. The minimum Gasteiger partial charge on any atom is -0.352 e. The Morgan fingerprint density at radius 2 is 1.89 bits per heavy atom. The smallest absolute Gasteiger partial charge is 0.233 e. The SMILES string of the molecule is O=C(CSc1nncn1-c1ccccc1)N1CCN(c2cnccn2)CC1. The third kappa shape index (κ3) is 4.08. The summed E-state index contributed by atoms with van der Waals surface area (Å²) in [6.45, 7) is 2.88. The van der Waals surface area contributed by atoms with Crippen LogP contribution in [0.3, 0.4) is 0 Å². The molecule has 27 heavy (non-hydrogen) atoms. The molecule has 3 heterocycles. The highest BCUT2D eigenvalue weighted by Gasteiger charge is 2.22. The van der Waals surface area contributed by atoms with Crippen molar-refractivity contribution in [3.8, 4) is 5.69 Å². The van der Waals surface area contributed by atoms with Gasteiger partial charge in [0.25, 0.3) is 0 Å². The molecule has 1 saturated heterocycles. The molecule has 1 fully saturated rings. The summed E-state index contributed by atoms with van der Waals surface area (Å²) < 4.78 is 1.89. The fraction of sp³-hybridized carbons (Fsp3) is 0.278. The molecular formula is C18H19N7OS. The minimum absolute atomic E-state index is 0.112. The fourth-order valence-electron chi connectivity index (χ4n) is 2.95. The summed E-state index contributed by atoms with van der Waals surface area (Å²) in [4.78, 5) is 25.0. The summed E-state index contributed by atoms with van der Waals surface area (Å²) in [7, 11) is 0. The van der Waals surface area contributed by atoms with E-state index < -0.39 is 0 Å². The van der Waals surface area contributed by atoms with Gasteiger partial charge in [-0.1, -0.05) is 30.0 Å². The van der Waals surface area contributed by atoms with Crippen LogP contribution in [0.25, 0.3) is 5.69 Å². The quantitative estimate of drug-likeness (QED) is 0.620. The van der Waals surface area contributed by atoms with Crippen LogP contribution in [0, 0.1) is 0 Å². The van der Waals surface area contributed by atoms with Gasteiger partial charge in [0.2, 0.25) is 5.91 Å². The number of benzene rings is 1. The van der Waals surface area contributed by atoms with Crippen molar-refractivity contribution in [1.29, 1.82) is 0 Å². The van der Waals surface area contributed by atoms with E-state index in [2.05, 4.69) is 25.1 Å². The average Bonchev–Trinajstić information content (AvgIpc) is 3.22. The zero-order chi connectivity index (χ0) is 18.5. The van der Waals surface area contributed by atoms with Crippen molar-refractivity contribution < 1.29 is 4.79 Å². The van der Waals surface area contributed by atoms with Gasteiger partial charge in [-0.2, -0.15) is 0 Å². The van der Waals surface area contributed by atoms with Crippen LogP contribution in [0.15, 0.2) is 60.4 Å². The summed E-state index contributed by atoms with van der Waals surface area (Å²) in [6.07, 6.45) is 6.77. The molecule has 9 heteroatoms. The highest BCUT2D eigenvalue weighted by molar-refractivity contribution is 7.99. The van der Waals surface area contributed by atoms with Crippen molar-refractivity contribution >= 4 is 23.5 Å². The van der Waals surface area contributed by atoms with Crippen LogP contribution in [-0.4, -0.2) is 67.5 Å². The lowest BCUT2D eigenvalue weighted by molar-refractivity contribution is -0.128. The molecule has 1 aliphatic rings. The Labute approximate surface area is 161 Å². The molecule has 138 valence electrons. The lowest BCUT2D eigenvalue weighted by atomic mass is 10.3. The van der Waals surface area contributed by atoms with E-state index >= 15 is 0 Å². The molecule has 2 aromatic heterocycles. The number of carbonyl (C=O) groups excluding carboxylic acids is 1. The maximum Gasteiger partial charge on any atom is 0.233 e. The number of para-hydroxylation sites is 1. The van der Waals surface area contributed by atoms with Crippen molar-refractivity contribution in [3.63, 3.8) is 0 Å². The second-order valence-electron chi connectivity index (χ2n) is 6.04. The Hall–Kier alpha value is -2.94. The number of thioether (sulfide) groups is 1. The van der Waals surface area contributed by atoms with E-state index in [0.717, 1.165) is 24.6 Å². The molecule has 1 amide bonds. The normalized spacial score (nSPS) is 14.4. The zero-order valence-corrected chi connectivity index (χ0v) is 15.5. The van der Waals surface area contributed by atoms with Gasteiger partial charge in [0, 0.05) is 44.3 Å². The van der Waals surface area contributed by atoms with Crippen molar-refractivity contribution in [2.24, 2.45) is 0 Å². The lowest BCUT2D eigenvalue weighted by Gasteiger charge is -2.35. The van der Waals surface area contributed by atoms with Gasteiger partial charge in [-0.05, 0) is 12.1 Å². The molecule has 8 nitrogen and oxygen atoms in total. The number of hydrogen-bond donors (Lipinski definition) is 0. The van der Waals surface area contributed by atoms with E-state index in [1.807, 2.05) is 39.8 Å². The molecule has 0 N–H and O–H groups in total. The third-order valence-electron chi connectivity index (χ3n) is 4.38. The first-order chi connectivity index (χ1) is 13.3. The van der Waals surface area contributed by atoms with E-state index in [9.17, 15) is 4.79 Å². The van der Waals surface area contributed by atoms with Crippen LogP contribution < -0.4 is 4.90 Å². The number of piperazine rings is 1. The first kappa shape index (κ1) is 17.5. The molecule has 3 aromatic rings. The first-order valence-electron chi connectivity index (χ1n) is 8.68. The molecule has 0 atom stereocenters. The van der Waals surface area contributed by atoms with Crippen LogP contribution in [0.2, 0.25) is 0 Å². The number of aromatic nitrogens is 5. The summed E-state index contributed by atoms with van der Waals surface area (Å²) in [5, 5.41) is 8.84. The molecule has 0 radical (unpaired) electrons. The van der Waals surface area contributed by atoms with Gasteiger partial charge in [0.1, 0.15) is 12.1 Å². The highest BCUT2D eigenvalue weighted by Crippen LogP contribution is 2.20. The van der Waals surface area contributed by atoms with Gasteiger partial charge in [-0.3, -0.25) is 14.3 Å². The van der Waals surface area contributed by atoms with E-state index in [4.69, 9.17) is 0 Å². The first-order valence-corrected chi connectivity index (χ1v) is 9.67. The predicted octanol–water partition coefficient (Wildman–Crippen LogP) is 1.50. The van der Waals surface area contributed by atoms with Gasteiger partial charge < -0.3 is 9.80 Å². The van der Waals surface area contributed by atoms with E-state index in [1.165, 1.54) is 11.8 Å². The topological polar surface area (TPSA) is 80.0 Å². The molecule has 0 saturated carbocycles. The summed E-state index contributed by atoms with van der Waals surface area (Å²) in [5.74, 6) is 1.31. The van der Waals surface area contributed by atoms with E-state index in [-0.39, 0.29) is 5.91 Å². The third-order valence-corrected chi connectivity index (χ3v) is 5.31. The van der Waals surface area contributed by atoms with Crippen molar-refractivity contribution in [2.45, 2.75) is 5.16 Å². The van der Waals surface area contributed by atoms with Crippen molar-refractivity contribution in [1.82, 2.24) is 29.6 Å². The standard InChI is InChI=1S/C18H19N7OS/c26-17(24-10-8-23(9-11-24)16-12-19-6-7-20-16)13-27-18-22-21-14-25(18)15-4-2-1-3-5-15/h1-7,12,14H,8-11,13H2. The maximum absolute atomic E-state index is 12.6. The van der Waals surface area contributed by atoms with Crippen LogP contribution in [0.5, 0.6) is 0 Å². The second kappa shape index (κ2) is 8.17. The van der Waals surface area contributed by atoms with Crippen molar-refractivity contribution in [3.05, 3.63) is 55.2 Å². The number of amides is 1. The van der Waals surface area contributed by atoms with E-state index in [0.29, 0.717) is 24.0 Å². The fourth-order valence-corrected chi connectivity index (χ4v) is 3.78. The van der Waals surface area contributed by atoms with Gasteiger partial charge in [-0.15, -0.1) is 10.2 Å². The molecular weight excluding hydrogens is 362 g/mol. The van der Waals surface area contributed by atoms with Crippen LogP contribution in [0.1, 0.15) is 0 Å². The molecule has 1 aromatic carbocycles. The highest BCUT2D eigenvalue weighted by atomic mass is 32.2. The zero-order valence-electron chi connectivity index (χ0n) is 14.7. The number of hydrogen-bond acceptors (Lipinski definition) is 7. The number of nitrogens with zero attached hydrogens (tertiary/aromatic N) is 7. The molecule has 0 aliphatic carbocycles. The molecule has 0 unspecified atom stereocenters. The summed E-state index contributed by atoms with van der Waals surface area (Å²) >= 11 is 1.41. The molecule has 0 spiro atoms. The van der Waals surface area contributed by atoms with Crippen LogP contribution in [-0.2, 0) is 4.79 Å². The Kier molecular flexibility index (Phi) is 5.29. The van der Waals surface area contributed by atoms with Gasteiger partial charge in [0.15, 0.2) is 5.16 Å². The summed E-state index contributed by atoms with van der Waals surface area (Å²) in [5.41, 5.74) is 0.982. The Morgan fingerprint density at radius 1 is 1.07 bits per heavy atom. The maximum atomic E-state index is 12.6. The monoisotopic (exact) mass is 381 g/mol. The molecule has 0 bridgehead atoms. The Morgan fingerprint density at radius 3 is 2.63 bits per heavy atom. The lowest BCUT2D eigenvalue weighted by Crippen LogP contribution is -2.49. The van der Waals surface area contributed by atoms with Crippen LogP contribution >= 0.6 is 11.8 Å². The van der Waals surface area contributed by atoms with Gasteiger partial charge in [-0.25, -0.2) is 4.98 Å². The van der Waals surface area contributed by atoms with Gasteiger partial charge >= 0.3 is 0 Å². The Balaban J connectivity index is 1.32. The number of carbonyl (C=O) groups is 1. The minimum atomic E-state index is 0.112.